The quantitative estimate of drug-likeness (QED) is 0.266. The first-order valence-corrected chi connectivity index (χ1v) is 10.6. The summed E-state index contributed by atoms with van der Waals surface area (Å²) in [5.41, 5.74) is 6.25. The Morgan fingerprint density at radius 2 is 1.44 bits per heavy atom. The third-order valence-electron chi connectivity index (χ3n) is 4.34. The van der Waals surface area contributed by atoms with Gasteiger partial charge in [0.15, 0.2) is 11.5 Å². The summed E-state index contributed by atoms with van der Waals surface area (Å²) in [6.07, 6.45) is -3.41. The molecule has 1 rings (SSSR count). The van der Waals surface area contributed by atoms with E-state index in [0.29, 0.717) is 5.56 Å². The standard InChI is InChI=1S/C22H31NO11/c1-6-29-20(26)33-15-9-8-14(10-16(15)34-21(27)30-7-2)17(18(23)19(24)25)13(5)11-31-22(28)32-12(3)4/h8-10,12-13,17-18H,6-7,11,23H2,1-5H3,(H,24,25)/t13?,17?,18-/m0/s1. The van der Waals surface area contributed by atoms with Gasteiger partial charge >= 0.3 is 24.4 Å². The highest BCUT2D eigenvalue weighted by molar-refractivity contribution is 5.75. The number of carboxylic acids is 1. The highest BCUT2D eigenvalue weighted by Gasteiger charge is 2.33. The smallest absolute Gasteiger partial charge is 0.480 e. The second kappa shape index (κ2) is 13.9. The van der Waals surface area contributed by atoms with Crippen molar-refractivity contribution in [1.29, 1.82) is 0 Å². The molecule has 3 atom stereocenters. The molecule has 0 aliphatic heterocycles. The molecule has 3 N–H and O–H groups in total. The van der Waals surface area contributed by atoms with Gasteiger partial charge in [0.1, 0.15) is 6.04 Å². The monoisotopic (exact) mass is 485 g/mol. The first-order chi connectivity index (χ1) is 16.0. The molecule has 0 heterocycles. The molecule has 190 valence electrons. The van der Waals surface area contributed by atoms with Crippen molar-refractivity contribution < 1.29 is 52.7 Å². The molecule has 0 aromatic heterocycles. The van der Waals surface area contributed by atoms with Crippen molar-refractivity contribution in [3.8, 4) is 11.5 Å². The fourth-order valence-corrected chi connectivity index (χ4v) is 2.94. The lowest BCUT2D eigenvalue weighted by atomic mass is 9.82. The third kappa shape index (κ3) is 9.14. The molecule has 0 amide bonds. The highest BCUT2D eigenvalue weighted by Crippen LogP contribution is 2.36. The molecular weight excluding hydrogens is 454 g/mol. The molecule has 0 saturated heterocycles. The summed E-state index contributed by atoms with van der Waals surface area (Å²) in [7, 11) is 0. The second-order valence-electron chi connectivity index (χ2n) is 7.37. The van der Waals surface area contributed by atoms with Crippen LogP contribution in [0.15, 0.2) is 18.2 Å². The van der Waals surface area contributed by atoms with Gasteiger partial charge in [-0.1, -0.05) is 13.0 Å². The topological polar surface area (TPSA) is 170 Å². The second-order valence-corrected chi connectivity index (χ2v) is 7.37. The number of aliphatic carboxylic acids is 1. The Morgan fingerprint density at radius 3 is 1.94 bits per heavy atom. The molecule has 0 aliphatic carbocycles. The average molecular weight is 485 g/mol. The number of nitrogens with two attached hydrogens (primary N) is 1. The van der Waals surface area contributed by atoms with Crippen molar-refractivity contribution >= 4 is 24.4 Å². The van der Waals surface area contributed by atoms with E-state index in [1.54, 1.807) is 34.6 Å². The van der Waals surface area contributed by atoms with Crippen molar-refractivity contribution in [2.45, 2.75) is 52.7 Å². The van der Waals surface area contributed by atoms with E-state index in [0.717, 1.165) is 0 Å². The zero-order valence-corrected chi connectivity index (χ0v) is 19.8. The van der Waals surface area contributed by atoms with E-state index in [-0.39, 0.29) is 31.3 Å². The summed E-state index contributed by atoms with van der Waals surface area (Å²) < 4.78 is 29.7. The predicted octanol–water partition coefficient (Wildman–Crippen LogP) is 3.45. The van der Waals surface area contributed by atoms with Gasteiger partial charge in [0.05, 0.1) is 25.9 Å². The van der Waals surface area contributed by atoms with Crippen LogP contribution < -0.4 is 15.2 Å². The Bertz CT molecular complexity index is 855. The van der Waals surface area contributed by atoms with Crippen molar-refractivity contribution in [1.82, 2.24) is 0 Å². The molecule has 1 aromatic rings. The molecule has 1 aromatic carbocycles. The van der Waals surface area contributed by atoms with Gasteiger partial charge in [0.2, 0.25) is 0 Å². The Labute approximate surface area is 197 Å². The SMILES string of the molecule is CCOC(=O)Oc1ccc(C(C(C)COC(=O)OC(C)C)[C@H](N)C(=O)O)cc1OC(=O)OCC. The van der Waals surface area contributed by atoms with Gasteiger partial charge in [-0.25, -0.2) is 14.4 Å². The average Bonchev–Trinajstić information content (AvgIpc) is 2.73. The van der Waals surface area contributed by atoms with Gasteiger partial charge < -0.3 is 39.3 Å². The highest BCUT2D eigenvalue weighted by atomic mass is 16.7. The van der Waals surface area contributed by atoms with E-state index in [1.807, 2.05) is 0 Å². The largest absolute Gasteiger partial charge is 0.513 e. The molecule has 12 nitrogen and oxygen atoms in total. The first-order valence-electron chi connectivity index (χ1n) is 10.6. The number of rotatable bonds is 11. The Balaban J connectivity index is 3.30. The van der Waals surface area contributed by atoms with Gasteiger partial charge in [-0.2, -0.15) is 0 Å². The summed E-state index contributed by atoms with van der Waals surface area (Å²) in [6, 6.07) is 2.63. The number of hydrogen-bond donors (Lipinski definition) is 2. The zero-order valence-electron chi connectivity index (χ0n) is 19.8. The minimum Gasteiger partial charge on any atom is -0.480 e. The van der Waals surface area contributed by atoms with Crippen LogP contribution in [0, 0.1) is 5.92 Å². The van der Waals surface area contributed by atoms with E-state index in [4.69, 9.17) is 34.2 Å². The first kappa shape index (κ1) is 28.5. The Hall–Kier alpha value is -3.54. The number of hydrogen-bond acceptors (Lipinski definition) is 11. The molecule has 2 unspecified atom stereocenters. The van der Waals surface area contributed by atoms with Gasteiger partial charge in [0, 0.05) is 5.92 Å². The van der Waals surface area contributed by atoms with E-state index >= 15 is 0 Å². The van der Waals surface area contributed by atoms with Crippen LogP contribution in [-0.2, 0) is 23.7 Å². The van der Waals surface area contributed by atoms with Gasteiger partial charge in [-0.05, 0) is 51.3 Å². The molecular formula is C22H31NO11. The predicted molar refractivity (Wildman–Crippen MR) is 117 cm³/mol. The van der Waals surface area contributed by atoms with Crippen molar-refractivity contribution in [3.63, 3.8) is 0 Å². The zero-order chi connectivity index (χ0) is 25.8. The molecule has 0 spiro atoms. The van der Waals surface area contributed by atoms with Crippen molar-refractivity contribution in [3.05, 3.63) is 23.8 Å². The molecule has 0 fully saturated rings. The normalized spacial score (nSPS) is 13.3. The van der Waals surface area contributed by atoms with E-state index in [2.05, 4.69) is 0 Å². The maximum Gasteiger partial charge on any atom is 0.513 e. The summed E-state index contributed by atoms with van der Waals surface area (Å²) in [5.74, 6) is -3.19. The maximum atomic E-state index is 11.9. The number of carboxylic acid groups (broad SMARTS) is 1. The summed E-state index contributed by atoms with van der Waals surface area (Å²) in [4.78, 5) is 47.1. The van der Waals surface area contributed by atoms with Crippen LogP contribution in [-0.4, -0.2) is 61.5 Å². The number of ether oxygens (including phenoxy) is 6. The molecule has 0 aliphatic rings. The Morgan fingerprint density at radius 1 is 0.882 bits per heavy atom. The van der Waals surface area contributed by atoms with Crippen molar-refractivity contribution in [2.24, 2.45) is 11.7 Å². The Kier molecular flexibility index (Phi) is 11.6. The van der Waals surface area contributed by atoms with E-state index < -0.39 is 48.4 Å². The molecule has 0 bridgehead atoms. The van der Waals surface area contributed by atoms with Crippen molar-refractivity contribution in [2.75, 3.05) is 19.8 Å². The van der Waals surface area contributed by atoms with Gasteiger partial charge in [0.25, 0.3) is 0 Å². The van der Waals surface area contributed by atoms with Crippen LogP contribution in [0.4, 0.5) is 14.4 Å². The number of carbonyl (C=O) groups excluding carboxylic acids is 3. The van der Waals surface area contributed by atoms with E-state index in [9.17, 15) is 24.3 Å². The molecule has 0 saturated carbocycles. The molecule has 34 heavy (non-hydrogen) atoms. The van der Waals surface area contributed by atoms with Crippen LogP contribution in [0.25, 0.3) is 0 Å². The minimum atomic E-state index is -1.41. The minimum absolute atomic E-state index is 0.0277. The summed E-state index contributed by atoms with van der Waals surface area (Å²) in [6.45, 7) is 7.96. The van der Waals surface area contributed by atoms with Crippen LogP contribution >= 0.6 is 0 Å². The van der Waals surface area contributed by atoms with Gasteiger partial charge in [-0.3, -0.25) is 4.79 Å². The lowest BCUT2D eigenvalue weighted by Gasteiger charge is -2.28. The van der Waals surface area contributed by atoms with Crippen LogP contribution in [0.3, 0.4) is 0 Å². The molecule has 12 heteroatoms. The number of benzene rings is 1. The van der Waals surface area contributed by atoms with Crippen LogP contribution in [0.2, 0.25) is 0 Å². The summed E-state index contributed by atoms with van der Waals surface area (Å²) >= 11 is 0. The molecule has 0 radical (unpaired) electrons. The lowest BCUT2D eigenvalue weighted by Crippen LogP contribution is -2.40. The fraction of sp³-hybridized carbons (Fsp3) is 0.545. The fourth-order valence-electron chi connectivity index (χ4n) is 2.94. The third-order valence-corrected chi connectivity index (χ3v) is 4.34. The van der Waals surface area contributed by atoms with Crippen LogP contribution in [0.5, 0.6) is 11.5 Å². The summed E-state index contributed by atoms with van der Waals surface area (Å²) in [5, 5.41) is 9.53. The van der Waals surface area contributed by atoms with Gasteiger partial charge in [-0.15, -0.1) is 0 Å². The maximum absolute atomic E-state index is 11.9. The van der Waals surface area contributed by atoms with E-state index in [1.165, 1.54) is 18.2 Å². The lowest BCUT2D eigenvalue weighted by molar-refractivity contribution is -0.139. The number of carbonyl (C=O) groups is 4. The van der Waals surface area contributed by atoms with Crippen LogP contribution in [0.1, 0.15) is 46.1 Å².